The Bertz CT molecular complexity index is 735. The molecule has 0 radical (unpaired) electrons. The Hall–Kier alpha value is -2.73. The highest BCUT2D eigenvalue weighted by Gasteiger charge is 2.26. The van der Waals surface area contributed by atoms with Crippen LogP contribution in [0.25, 0.3) is 0 Å². The fraction of sp³-hybridized carbons (Fsp3) is 0.333. The molecule has 0 aliphatic rings. The molecule has 6 heteroatoms. The van der Waals surface area contributed by atoms with Crippen LogP contribution in [0, 0.1) is 5.82 Å². The molecule has 0 aliphatic heterocycles. The third-order valence-electron chi connectivity index (χ3n) is 4.24. The molecule has 0 heterocycles. The average Bonchev–Trinajstić information content (AvgIpc) is 2.67. The van der Waals surface area contributed by atoms with Crippen LogP contribution in [-0.2, 0) is 27.3 Å². The molecule has 27 heavy (non-hydrogen) atoms. The van der Waals surface area contributed by atoms with Gasteiger partial charge in [0.15, 0.2) is 0 Å². The van der Waals surface area contributed by atoms with Gasteiger partial charge in [-0.25, -0.2) is 4.39 Å². The highest BCUT2D eigenvalue weighted by Crippen LogP contribution is 2.13. The van der Waals surface area contributed by atoms with Gasteiger partial charge in [0.1, 0.15) is 11.9 Å². The summed E-state index contributed by atoms with van der Waals surface area (Å²) < 4.78 is 18.1. The molecule has 1 atom stereocenters. The van der Waals surface area contributed by atoms with E-state index in [1.165, 1.54) is 17.0 Å². The fourth-order valence-corrected chi connectivity index (χ4v) is 2.67. The zero-order valence-corrected chi connectivity index (χ0v) is 15.7. The van der Waals surface area contributed by atoms with Crippen molar-refractivity contribution in [3.63, 3.8) is 0 Å². The molecule has 2 rings (SSSR count). The Labute approximate surface area is 159 Å². The maximum Gasteiger partial charge on any atom is 0.242 e. The molecule has 144 valence electrons. The molecule has 5 nitrogen and oxygen atoms in total. The number of hydrogen-bond acceptors (Lipinski definition) is 3. The third-order valence-corrected chi connectivity index (χ3v) is 4.24. The Kier molecular flexibility index (Phi) is 7.95. The fourth-order valence-electron chi connectivity index (χ4n) is 2.67. The predicted octanol–water partition coefficient (Wildman–Crippen LogP) is 2.55. The van der Waals surface area contributed by atoms with Crippen LogP contribution in [0.5, 0.6) is 0 Å². The van der Waals surface area contributed by atoms with Crippen molar-refractivity contribution in [2.45, 2.75) is 25.9 Å². The van der Waals surface area contributed by atoms with Gasteiger partial charge in [0, 0.05) is 20.2 Å². The van der Waals surface area contributed by atoms with Crippen molar-refractivity contribution in [3.8, 4) is 0 Å². The van der Waals surface area contributed by atoms with Gasteiger partial charge in [0.25, 0.3) is 0 Å². The second-order valence-electron chi connectivity index (χ2n) is 6.27. The number of benzene rings is 2. The van der Waals surface area contributed by atoms with Crippen LogP contribution in [0.4, 0.5) is 4.39 Å². The summed E-state index contributed by atoms with van der Waals surface area (Å²) in [6, 6.07) is 14.6. The van der Waals surface area contributed by atoms with Crippen molar-refractivity contribution < 1.29 is 18.7 Å². The normalized spacial score (nSPS) is 11.7. The van der Waals surface area contributed by atoms with Crippen LogP contribution in [0.1, 0.15) is 18.1 Å². The van der Waals surface area contributed by atoms with Gasteiger partial charge in [-0.1, -0.05) is 42.5 Å². The first-order valence-electron chi connectivity index (χ1n) is 8.85. The SMILES string of the molecule is COCCNC(=O)[C@@H](C)N(Cc1ccc(F)cc1)C(=O)Cc1ccccc1. The summed E-state index contributed by atoms with van der Waals surface area (Å²) in [4.78, 5) is 26.9. The topological polar surface area (TPSA) is 58.6 Å². The van der Waals surface area contributed by atoms with E-state index in [2.05, 4.69) is 5.32 Å². The Morgan fingerprint density at radius 2 is 1.74 bits per heavy atom. The van der Waals surface area contributed by atoms with Gasteiger partial charge in [0.2, 0.25) is 11.8 Å². The van der Waals surface area contributed by atoms with Gasteiger partial charge < -0.3 is 15.0 Å². The second-order valence-corrected chi connectivity index (χ2v) is 6.27. The minimum atomic E-state index is -0.664. The number of carbonyl (C=O) groups excluding carboxylic acids is 2. The first-order valence-corrected chi connectivity index (χ1v) is 8.85. The lowest BCUT2D eigenvalue weighted by molar-refractivity contribution is -0.140. The third kappa shape index (κ3) is 6.49. The van der Waals surface area contributed by atoms with Crippen LogP contribution in [-0.4, -0.2) is 43.0 Å². The van der Waals surface area contributed by atoms with Gasteiger partial charge in [-0.15, -0.1) is 0 Å². The Morgan fingerprint density at radius 1 is 1.07 bits per heavy atom. The minimum absolute atomic E-state index is 0.167. The van der Waals surface area contributed by atoms with E-state index in [0.29, 0.717) is 13.2 Å². The predicted molar refractivity (Wildman–Crippen MR) is 101 cm³/mol. The molecule has 0 unspecified atom stereocenters. The van der Waals surface area contributed by atoms with Crippen LogP contribution >= 0.6 is 0 Å². The van der Waals surface area contributed by atoms with Crippen molar-refractivity contribution in [3.05, 3.63) is 71.5 Å². The van der Waals surface area contributed by atoms with Crippen molar-refractivity contribution in [2.75, 3.05) is 20.3 Å². The summed E-state index contributed by atoms with van der Waals surface area (Å²) in [5, 5.41) is 2.76. The molecule has 2 aromatic rings. The average molecular weight is 372 g/mol. The summed E-state index contributed by atoms with van der Waals surface area (Å²) in [7, 11) is 1.56. The summed E-state index contributed by atoms with van der Waals surface area (Å²) in [6.45, 7) is 2.69. The second kappa shape index (κ2) is 10.4. The first-order chi connectivity index (χ1) is 13.0. The molecular weight excluding hydrogens is 347 g/mol. The highest BCUT2D eigenvalue weighted by atomic mass is 19.1. The molecule has 0 aromatic heterocycles. The van der Waals surface area contributed by atoms with Gasteiger partial charge in [-0.05, 0) is 30.2 Å². The van der Waals surface area contributed by atoms with Crippen molar-refractivity contribution in [1.29, 1.82) is 0 Å². The molecule has 0 bridgehead atoms. The van der Waals surface area contributed by atoms with E-state index >= 15 is 0 Å². The van der Waals surface area contributed by atoms with Crippen molar-refractivity contribution in [1.82, 2.24) is 10.2 Å². The molecule has 1 N–H and O–H groups in total. The van der Waals surface area contributed by atoms with E-state index in [0.717, 1.165) is 11.1 Å². The highest BCUT2D eigenvalue weighted by molar-refractivity contribution is 5.88. The van der Waals surface area contributed by atoms with Crippen LogP contribution < -0.4 is 5.32 Å². The summed E-state index contributed by atoms with van der Waals surface area (Å²) in [5.41, 5.74) is 1.63. The zero-order valence-electron chi connectivity index (χ0n) is 15.7. The monoisotopic (exact) mass is 372 g/mol. The van der Waals surface area contributed by atoms with E-state index in [4.69, 9.17) is 4.74 Å². The van der Waals surface area contributed by atoms with Gasteiger partial charge in [0.05, 0.1) is 13.0 Å². The molecular formula is C21H25FN2O3. The van der Waals surface area contributed by atoms with Crippen molar-refractivity contribution in [2.24, 2.45) is 0 Å². The summed E-state index contributed by atoms with van der Waals surface area (Å²) in [5.74, 6) is -0.762. The van der Waals surface area contributed by atoms with E-state index in [-0.39, 0.29) is 30.6 Å². The van der Waals surface area contributed by atoms with E-state index in [1.54, 1.807) is 26.2 Å². The van der Waals surface area contributed by atoms with Gasteiger partial charge in [-0.2, -0.15) is 0 Å². The number of ether oxygens (including phenoxy) is 1. The number of amides is 2. The quantitative estimate of drug-likeness (QED) is 0.688. The number of rotatable bonds is 9. The van der Waals surface area contributed by atoms with Crippen LogP contribution in [0.15, 0.2) is 54.6 Å². The van der Waals surface area contributed by atoms with E-state index in [9.17, 15) is 14.0 Å². The van der Waals surface area contributed by atoms with Crippen molar-refractivity contribution >= 4 is 11.8 Å². The maximum atomic E-state index is 13.2. The van der Waals surface area contributed by atoms with E-state index in [1.807, 2.05) is 30.3 Å². The first kappa shape index (κ1) is 20.6. The smallest absolute Gasteiger partial charge is 0.242 e. The zero-order chi connectivity index (χ0) is 19.6. The van der Waals surface area contributed by atoms with Crippen LogP contribution in [0.3, 0.4) is 0 Å². The number of methoxy groups -OCH3 is 1. The number of halogens is 1. The van der Waals surface area contributed by atoms with Crippen LogP contribution in [0.2, 0.25) is 0 Å². The number of nitrogens with one attached hydrogen (secondary N) is 1. The molecule has 0 saturated heterocycles. The molecule has 2 aromatic carbocycles. The molecule has 0 saturated carbocycles. The largest absolute Gasteiger partial charge is 0.383 e. The number of nitrogens with zero attached hydrogens (tertiary/aromatic N) is 1. The Morgan fingerprint density at radius 3 is 2.37 bits per heavy atom. The summed E-state index contributed by atoms with van der Waals surface area (Å²) >= 11 is 0. The lowest BCUT2D eigenvalue weighted by atomic mass is 10.1. The lowest BCUT2D eigenvalue weighted by Gasteiger charge is -2.29. The Balaban J connectivity index is 2.14. The summed E-state index contributed by atoms with van der Waals surface area (Å²) in [6.07, 6.45) is 0.192. The molecule has 0 aliphatic carbocycles. The van der Waals surface area contributed by atoms with Gasteiger partial charge >= 0.3 is 0 Å². The number of hydrogen-bond donors (Lipinski definition) is 1. The minimum Gasteiger partial charge on any atom is -0.383 e. The van der Waals surface area contributed by atoms with Gasteiger partial charge in [-0.3, -0.25) is 9.59 Å². The molecule has 0 spiro atoms. The number of carbonyl (C=O) groups is 2. The molecule has 2 amide bonds. The molecule has 0 fully saturated rings. The maximum absolute atomic E-state index is 13.2. The van der Waals surface area contributed by atoms with E-state index < -0.39 is 6.04 Å². The lowest BCUT2D eigenvalue weighted by Crippen LogP contribution is -2.48. The standard InChI is InChI=1S/C21H25FN2O3/c1-16(21(26)23-12-13-27-2)24(15-18-8-10-19(22)11-9-18)20(25)14-17-6-4-3-5-7-17/h3-11,16H,12-15H2,1-2H3,(H,23,26)/t16-/m1/s1.